The second-order valence-electron chi connectivity index (χ2n) is 4.68. The molecule has 0 amide bonds. The SMILES string of the molecule is CC1(CN=C(N)N2CCOCC2)CCCS1. The first-order valence-electron chi connectivity index (χ1n) is 5.96. The van der Waals surface area contributed by atoms with E-state index in [1.807, 2.05) is 11.8 Å². The highest BCUT2D eigenvalue weighted by molar-refractivity contribution is 8.00. The third-order valence-corrected chi connectivity index (χ3v) is 4.73. The van der Waals surface area contributed by atoms with E-state index in [9.17, 15) is 0 Å². The molecule has 2 heterocycles. The van der Waals surface area contributed by atoms with Crippen molar-refractivity contribution in [2.75, 3.05) is 38.6 Å². The van der Waals surface area contributed by atoms with E-state index in [2.05, 4.69) is 16.8 Å². The molecule has 0 spiro atoms. The van der Waals surface area contributed by atoms with Crippen molar-refractivity contribution in [3.05, 3.63) is 0 Å². The van der Waals surface area contributed by atoms with Crippen LogP contribution in [-0.4, -0.2) is 54.2 Å². The van der Waals surface area contributed by atoms with Gasteiger partial charge in [-0.15, -0.1) is 0 Å². The number of thioether (sulfide) groups is 1. The van der Waals surface area contributed by atoms with E-state index >= 15 is 0 Å². The highest BCUT2D eigenvalue weighted by Gasteiger charge is 2.29. The fourth-order valence-corrected chi connectivity index (χ4v) is 3.33. The van der Waals surface area contributed by atoms with Crippen molar-refractivity contribution in [2.24, 2.45) is 10.7 Å². The number of hydrogen-bond acceptors (Lipinski definition) is 3. The van der Waals surface area contributed by atoms with Gasteiger partial charge in [-0.2, -0.15) is 11.8 Å². The first-order valence-corrected chi connectivity index (χ1v) is 6.95. The predicted octanol–water partition coefficient (Wildman–Crippen LogP) is 0.919. The summed E-state index contributed by atoms with van der Waals surface area (Å²) >= 11 is 2.03. The largest absolute Gasteiger partial charge is 0.378 e. The van der Waals surface area contributed by atoms with Gasteiger partial charge in [0, 0.05) is 17.8 Å². The Labute approximate surface area is 102 Å². The monoisotopic (exact) mass is 243 g/mol. The summed E-state index contributed by atoms with van der Waals surface area (Å²) in [5, 5.41) is 0. The van der Waals surface area contributed by atoms with Crippen LogP contribution in [0.1, 0.15) is 19.8 Å². The van der Waals surface area contributed by atoms with Crippen LogP contribution in [0.5, 0.6) is 0 Å². The van der Waals surface area contributed by atoms with Crippen molar-refractivity contribution >= 4 is 17.7 Å². The van der Waals surface area contributed by atoms with Crippen LogP contribution in [0.15, 0.2) is 4.99 Å². The Bertz CT molecular complexity index is 258. The molecule has 0 radical (unpaired) electrons. The van der Waals surface area contributed by atoms with Crippen LogP contribution in [-0.2, 0) is 4.74 Å². The van der Waals surface area contributed by atoms with Gasteiger partial charge in [-0.1, -0.05) is 0 Å². The summed E-state index contributed by atoms with van der Waals surface area (Å²) in [5.41, 5.74) is 6.00. The first-order chi connectivity index (χ1) is 7.70. The summed E-state index contributed by atoms with van der Waals surface area (Å²) in [5.74, 6) is 1.96. The predicted molar refractivity (Wildman–Crippen MR) is 69.0 cm³/mol. The summed E-state index contributed by atoms with van der Waals surface area (Å²) < 4.78 is 5.61. The van der Waals surface area contributed by atoms with Crippen molar-refractivity contribution in [1.29, 1.82) is 0 Å². The summed E-state index contributed by atoms with van der Waals surface area (Å²) in [6.07, 6.45) is 2.58. The highest BCUT2D eigenvalue weighted by Crippen LogP contribution is 2.37. The second-order valence-corrected chi connectivity index (χ2v) is 6.36. The number of nitrogens with zero attached hydrogens (tertiary/aromatic N) is 2. The van der Waals surface area contributed by atoms with Crippen LogP contribution in [0.3, 0.4) is 0 Å². The van der Waals surface area contributed by atoms with Gasteiger partial charge in [-0.25, -0.2) is 0 Å². The van der Waals surface area contributed by atoms with Gasteiger partial charge in [0.1, 0.15) is 0 Å². The third-order valence-electron chi connectivity index (χ3n) is 3.21. The van der Waals surface area contributed by atoms with E-state index in [4.69, 9.17) is 10.5 Å². The average Bonchev–Trinajstić information content (AvgIpc) is 2.75. The Morgan fingerprint density at radius 1 is 1.50 bits per heavy atom. The lowest BCUT2D eigenvalue weighted by Crippen LogP contribution is -2.45. The molecule has 0 aromatic rings. The molecule has 2 N–H and O–H groups in total. The van der Waals surface area contributed by atoms with Gasteiger partial charge in [0.15, 0.2) is 5.96 Å². The van der Waals surface area contributed by atoms with Gasteiger partial charge in [-0.05, 0) is 25.5 Å². The Kier molecular flexibility index (Phi) is 3.97. The van der Waals surface area contributed by atoms with Gasteiger partial charge >= 0.3 is 0 Å². The molecule has 0 aliphatic carbocycles. The molecule has 2 aliphatic heterocycles. The van der Waals surface area contributed by atoms with Crippen LogP contribution in [0.25, 0.3) is 0 Å². The molecule has 4 nitrogen and oxygen atoms in total. The van der Waals surface area contributed by atoms with Crippen LogP contribution in [0, 0.1) is 0 Å². The summed E-state index contributed by atoms with van der Waals surface area (Å²) in [7, 11) is 0. The molecule has 2 fully saturated rings. The van der Waals surface area contributed by atoms with Crippen molar-refractivity contribution < 1.29 is 4.74 Å². The Hall–Kier alpha value is -0.420. The van der Waals surface area contributed by atoms with Gasteiger partial charge in [0.2, 0.25) is 0 Å². The maximum atomic E-state index is 6.00. The molecule has 0 aromatic carbocycles. The number of aliphatic imine (C=N–C) groups is 1. The molecule has 5 heteroatoms. The third kappa shape index (κ3) is 3.04. The van der Waals surface area contributed by atoms with E-state index in [0.29, 0.717) is 10.7 Å². The lowest BCUT2D eigenvalue weighted by Gasteiger charge is -2.28. The van der Waals surface area contributed by atoms with Gasteiger partial charge in [0.25, 0.3) is 0 Å². The molecule has 2 rings (SSSR count). The van der Waals surface area contributed by atoms with Crippen LogP contribution < -0.4 is 5.73 Å². The maximum absolute atomic E-state index is 6.00. The molecule has 0 saturated carbocycles. The van der Waals surface area contributed by atoms with E-state index in [-0.39, 0.29) is 0 Å². The number of ether oxygens (including phenoxy) is 1. The first kappa shape index (κ1) is 12.0. The molecule has 0 bridgehead atoms. The van der Waals surface area contributed by atoms with Crippen molar-refractivity contribution in [3.63, 3.8) is 0 Å². The van der Waals surface area contributed by atoms with Crippen LogP contribution in [0.2, 0.25) is 0 Å². The minimum atomic E-state index is 0.316. The second kappa shape index (κ2) is 5.27. The molecule has 0 aromatic heterocycles. The van der Waals surface area contributed by atoms with Gasteiger partial charge in [0.05, 0.1) is 19.8 Å². The quantitative estimate of drug-likeness (QED) is 0.579. The highest BCUT2D eigenvalue weighted by atomic mass is 32.2. The Morgan fingerprint density at radius 3 is 2.88 bits per heavy atom. The number of nitrogens with two attached hydrogens (primary N) is 1. The normalized spacial score (nSPS) is 32.1. The zero-order valence-electron chi connectivity index (χ0n) is 9.95. The van der Waals surface area contributed by atoms with Crippen molar-refractivity contribution in [3.8, 4) is 0 Å². The van der Waals surface area contributed by atoms with E-state index in [1.165, 1.54) is 18.6 Å². The summed E-state index contributed by atoms with van der Waals surface area (Å²) in [4.78, 5) is 6.66. The molecule has 92 valence electrons. The van der Waals surface area contributed by atoms with E-state index in [0.717, 1.165) is 32.8 Å². The standard InChI is InChI=1S/C11H21N3OS/c1-11(3-2-8-16-11)9-13-10(12)14-4-6-15-7-5-14/h2-9H2,1H3,(H2,12,13). The molecule has 16 heavy (non-hydrogen) atoms. The molecular formula is C11H21N3OS. The zero-order chi connectivity index (χ0) is 11.4. The van der Waals surface area contributed by atoms with Crippen molar-refractivity contribution in [2.45, 2.75) is 24.5 Å². The van der Waals surface area contributed by atoms with E-state index < -0.39 is 0 Å². The summed E-state index contributed by atoms with van der Waals surface area (Å²) in [6.45, 7) is 6.42. The van der Waals surface area contributed by atoms with Gasteiger partial charge in [-0.3, -0.25) is 4.99 Å². The van der Waals surface area contributed by atoms with Crippen molar-refractivity contribution in [1.82, 2.24) is 4.90 Å². The zero-order valence-corrected chi connectivity index (χ0v) is 10.8. The lowest BCUT2D eigenvalue weighted by atomic mass is 10.1. The van der Waals surface area contributed by atoms with Gasteiger partial charge < -0.3 is 15.4 Å². The fourth-order valence-electron chi connectivity index (χ4n) is 2.10. The number of rotatable bonds is 2. The Balaban J connectivity index is 1.85. The molecule has 2 aliphatic rings. The minimum Gasteiger partial charge on any atom is -0.378 e. The minimum absolute atomic E-state index is 0.316. The molecular weight excluding hydrogens is 222 g/mol. The smallest absolute Gasteiger partial charge is 0.191 e. The maximum Gasteiger partial charge on any atom is 0.191 e. The van der Waals surface area contributed by atoms with E-state index in [1.54, 1.807) is 0 Å². The summed E-state index contributed by atoms with van der Waals surface area (Å²) in [6, 6.07) is 0. The lowest BCUT2D eigenvalue weighted by molar-refractivity contribution is 0.0674. The topological polar surface area (TPSA) is 50.8 Å². The molecule has 2 saturated heterocycles. The molecule has 1 atom stereocenters. The van der Waals surface area contributed by atoms with Crippen LogP contribution >= 0.6 is 11.8 Å². The fraction of sp³-hybridized carbons (Fsp3) is 0.909. The number of morpholine rings is 1. The molecule has 1 unspecified atom stereocenters. The Morgan fingerprint density at radius 2 is 2.25 bits per heavy atom. The number of hydrogen-bond donors (Lipinski definition) is 1. The van der Waals surface area contributed by atoms with Crippen LogP contribution in [0.4, 0.5) is 0 Å². The average molecular weight is 243 g/mol. The number of guanidine groups is 1.